The van der Waals surface area contributed by atoms with Gasteiger partial charge in [-0.05, 0) is 12.1 Å². The second-order valence-corrected chi connectivity index (χ2v) is 6.52. The number of thiazole rings is 1. The molecule has 3 aromatic rings. The molecule has 0 fully saturated rings. The number of halogens is 1. The standard InChI is InChI=1S/C17H18FN3O2S/c1-10(2)17(22)19-6-12-3-11-4-14(18)16(5-15(11)21-12)23-7-13-8-24-9-20-13/h3-5,8-10,21H,6-7H2,1-2H3,(H,19,22). The van der Waals surface area contributed by atoms with Crippen molar-refractivity contribution in [3.8, 4) is 5.75 Å². The minimum atomic E-state index is -0.422. The summed E-state index contributed by atoms with van der Waals surface area (Å²) in [5, 5.41) is 5.43. The van der Waals surface area contributed by atoms with E-state index in [0.29, 0.717) is 6.54 Å². The Morgan fingerprint density at radius 2 is 2.25 bits per heavy atom. The van der Waals surface area contributed by atoms with Crippen molar-refractivity contribution >= 4 is 28.1 Å². The average Bonchev–Trinajstić information content (AvgIpc) is 3.19. The van der Waals surface area contributed by atoms with E-state index in [-0.39, 0.29) is 24.2 Å². The zero-order chi connectivity index (χ0) is 17.1. The van der Waals surface area contributed by atoms with Crippen LogP contribution in [0.2, 0.25) is 0 Å². The van der Waals surface area contributed by atoms with Crippen molar-refractivity contribution in [1.29, 1.82) is 0 Å². The van der Waals surface area contributed by atoms with E-state index in [4.69, 9.17) is 4.74 Å². The van der Waals surface area contributed by atoms with Gasteiger partial charge >= 0.3 is 0 Å². The quantitative estimate of drug-likeness (QED) is 0.716. The zero-order valence-corrected chi connectivity index (χ0v) is 14.2. The van der Waals surface area contributed by atoms with Crippen molar-refractivity contribution in [3.05, 3.63) is 46.3 Å². The molecule has 0 radical (unpaired) electrons. The Morgan fingerprint density at radius 1 is 1.42 bits per heavy atom. The molecule has 0 spiro atoms. The van der Waals surface area contributed by atoms with Gasteiger partial charge in [0.2, 0.25) is 5.91 Å². The number of ether oxygens (including phenoxy) is 1. The zero-order valence-electron chi connectivity index (χ0n) is 13.4. The smallest absolute Gasteiger partial charge is 0.222 e. The highest BCUT2D eigenvalue weighted by Crippen LogP contribution is 2.26. The third-order valence-electron chi connectivity index (χ3n) is 3.57. The van der Waals surface area contributed by atoms with E-state index < -0.39 is 5.82 Å². The maximum absolute atomic E-state index is 14.2. The third-order valence-corrected chi connectivity index (χ3v) is 4.20. The summed E-state index contributed by atoms with van der Waals surface area (Å²) in [6, 6.07) is 4.88. The first-order valence-electron chi connectivity index (χ1n) is 7.61. The van der Waals surface area contributed by atoms with Gasteiger partial charge in [-0.3, -0.25) is 4.79 Å². The van der Waals surface area contributed by atoms with Gasteiger partial charge in [-0.2, -0.15) is 0 Å². The molecule has 1 aromatic carbocycles. The Hall–Kier alpha value is -2.41. The minimum absolute atomic E-state index is 0.0212. The van der Waals surface area contributed by atoms with Gasteiger partial charge in [0.15, 0.2) is 11.6 Å². The van der Waals surface area contributed by atoms with Crippen molar-refractivity contribution in [2.24, 2.45) is 5.92 Å². The highest BCUT2D eigenvalue weighted by atomic mass is 32.1. The first-order valence-corrected chi connectivity index (χ1v) is 8.56. The number of carbonyl (C=O) groups excluding carboxylic acids is 1. The number of carbonyl (C=O) groups is 1. The summed E-state index contributed by atoms with van der Waals surface area (Å²) in [4.78, 5) is 18.9. The van der Waals surface area contributed by atoms with Gasteiger partial charge in [0.25, 0.3) is 0 Å². The van der Waals surface area contributed by atoms with E-state index >= 15 is 0 Å². The largest absolute Gasteiger partial charge is 0.484 e. The summed E-state index contributed by atoms with van der Waals surface area (Å²) in [7, 11) is 0. The van der Waals surface area contributed by atoms with Crippen LogP contribution < -0.4 is 10.1 Å². The molecule has 1 amide bonds. The van der Waals surface area contributed by atoms with Gasteiger partial charge < -0.3 is 15.0 Å². The summed E-state index contributed by atoms with van der Waals surface area (Å²) < 4.78 is 19.7. The number of nitrogens with zero attached hydrogens (tertiary/aromatic N) is 1. The fourth-order valence-corrected chi connectivity index (χ4v) is 2.79. The fourth-order valence-electron chi connectivity index (χ4n) is 2.25. The Kier molecular flexibility index (Phi) is 4.80. The minimum Gasteiger partial charge on any atom is -0.484 e. The number of fused-ring (bicyclic) bond motifs is 1. The number of hydrogen-bond donors (Lipinski definition) is 2. The predicted octanol–water partition coefficient (Wildman–Crippen LogP) is 3.61. The Balaban J connectivity index is 1.73. The van der Waals surface area contributed by atoms with Crippen molar-refractivity contribution in [3.63, 3.8) is 0 Å². The summed E-state index contributed by atoms with van der Waals surface area (Å²) in [6.45, 7) is 4.27. The molecule has 2 aromatic heterocycles. The van der Waals surface area contributed by atoms with Crippen LogP contribution in [0.25, 0.3) is 10.9 Å². The number of amides is 1. The maximum Gasteiger partial charge on any atom is 0.222 e. The van der Waals surface area contributed by atoms with E-state index in [1.807, 2.05) is 25.3 Å². The molecule has 0 bridgehead atoms. The lowest BCUT2D eigenvalue weighted by molar-refractivity contribution is -0.124. The van der Waals surface area contributed by atoms with Crippen LogP contribution in [0.15, 0.2) is 29.1 Å². The van der Waals surface area contributed by atoms with Gasteiger partial charge in [0, 0.05) is 34.0 Å². The van der Waals surface area contributed by atoms with Crippen LogP contribution in [-0.4, -0.2) is 15.9 Å². The first-order chi connectivity index (χ1) is 11.5. The summed E-state index contributed by atoms with van der Waals surface area (Å²) in [5.41, 5.74) is 4.05. The van der Waals surface area contributed by atoms with Gasteiger partial charge in [-0.1, -0.05) is 13.8 Å². The van der Waals surface area contributed by atoms with Crippen LogP contribution in [0.5, 0.6) is 5.75 Å². The van der Waals surface area contributed by atoms with E-state index in [1.54, 1.807) is 11.6 Å². The van der Waals surface area contributed by atoms with Crippen molar-refractivity contribution in [2.75, 3.05) is 0 Å². The van der Waals surface area contributed by atoms with Gasteiger partial charge in [-0.25, -0.2) is 9.37 Å². The van der Waals surface area contributed by atoms with E-state index in [2.05, 4.69) is 15.3 Å². The Morgan fingerprint density at radius 3 is 2.96 bits per heavy atom. The monoisotopic (exact) mass is 347 g/mol. The summed E-state index contributed by atoms with van der Waals surface area (Å²) >= 11 is 1.47. The Labute approximate surface area is 142 Å². The molecule has 0 aliphatic carbocycles. The van der Waals surface area contributed by atoms with Crippen LogP contribution in [0.1, 0.15) is 25.2 Å². The van der Waals surface area contributed by atoms with Crippen LogP contribution in [0.3, 0.4) is 0 Å². The molecule has 0 unspecified atom stereocenters. The molecule has 0 saturated carbocycles. The number of aromatic amines is 1. The second kappa shape index (κ2) is 7.00. The van der Waals surface area contributed by atoms with Crippen LogP contribution in [0.4, 0.5) is 4.39 Å². The van der Waals surface area contributed by atoms with Crippen molar-refractivity contribution in [2.45, 2.75) is 27.0 Å². The highest BCUT2D eigenvalue weighted by Gasteiger charge is 2.11. The first kappa shape index (κ1) is 16.4. The summed E-state index contributed by atoms with van der Waals surface area (Å²) in [5.74, 6) is -0.339. The van der Waals surface area contributed by atoms with Crippen LogP contribution in [-0.2, 0) is 17.9 Å². The van der Waals surface area contributed by atoms with Gasteiger partial charge in [-0.15, -0.1) is 11.3 Å². The van der Waals surface area contributed by atoms with Crippen LogP contribution >= 0.6 is 11.3 Å². The predicted molar refractivity (Wildman–Crippen MR) is 91.4 cm³/mol. The fraction of sp³-hybridized carbons (Fsp3) is 0.294. The van der Waals surface area contributed by atoms with E-state index in [1.165, 1.54) is 17.4 Å². The normalized spacial score (nSPS) is 11.2. The number of rotatable bonds is 6. The SMILES string of the molecule is CC(C)C(=O)NCc1cc2cc(F)c(OCc3cscn3)cc2[nH]1. The lowest BCUT2D eigenvalue weighted by atomic mass is 10.2. The molecule has 2 heterocycles. The molecular formula is C17H18FN3O2S. The summed E-state index contributed by atoms with van der Waals surface area (Å²) in [6.07, 6.45) is 0. The van der Waals surface area contributed by atoms with Gasteiger partial charge in [0.05, 0.1) is 17.7 Å². The lowest BCUT2D eigenvalue weighted by Gasteiger charge is -2.06. The molecule has 2 N–H and O–H groups in total. The number of H-pyrrole nitrogens is 1. The Bertz CT molecular complexity index is 843. The number of hydrogen-bond acceptors (Lipinski definition) is 4. The molecule has 7 heteroatoms. The third kappa shape index (κ3) is 3.73. The molecule has 24 heavy (non-hydrogen) atoms. The molecule has 0 atom stereocenters. The molecule has 0 aliphatic heterocycles. The highest BCUT2D eigenvalue weighted by molar-refractivity contribution is 7.07. The second-order valence-electron chi connectivity index (χ2n) is 5.81. The van der Waals surface area contributed by atoms with E-state index in [0.717, 1.165) is 22.3 Å². The molecule has 126 valence electrons. The average molecular weight is 347 g/mol. The maximum atomic E-state index is 14.2. The molecule has 0 saturated heterocycles. The molecule has 3 rings (SSSR count). The lowest BCUT2D eigenvalue weighted by Crippen LogP contribution is -2.27. The number of nitrogens with one attached hydrogen (secondary N) is 2. The molecular weight excluding hydrogens is 329 g/mol. The van der Waals surface area contributed by atoms with Crippen molar-refractivity contribution < 1.29 is 13.9 Å². The number of benzene rings is 1. The topological polar surface area (TPSA) is 67.0 Å². The molecule has 0 aliphatic rings. The van der Waals surface area contributed by atoms with E-state index in [9.17, 15) is 9.18 Å². The van der Waals surface area contributed by atoms with Crippen molar-refractivity contribution in [1.82, 2.24) is 15.3 Å². The van der Waals surface area contributed by atoms with Crippen LogP contribution in [0, 0.1) is 11.7 Å². The number of aromatic nitrogens is 2. The van der Waals surface area contributed by atoms with Gasteiger partial charge in [0.1, 0.15) is 6.61 Å². The molecule has 5 nitrogen and oxygen atoms in total.